The summed E-state index contributed by atoms with van der Waals surface area (Å²) < 4.78 is 0. The highest BCUT2D eigenvalue weighted by molar-refractivity contribution is 5.32. The SMILES string of the molecule is CC1CCC(NCC2CCCc3ccccc32)CC1C. The van der Waals surface area contributed by atoms with E-state index in [2.05, 4.69) is 43.4 Å². The lowest BCUT2D eigenvalue weighted by Gasteiger charge is -2.34. The van der Waals surface area contributed by atoms with Crippen molar-refractivity contribution < 1.29 is 0 Å². The van der Waals surface area contributed by atoms with E-state index >= 15 is 0 Å². The van der Waals surface area contributed by atoms with Gasteiger partial charge in [0.05, 0.1) is 0 Å². The van der Waals surface area contributed by atoms with Crippen LogP contribution in [0.2, 0.25) is 0 Å². The molecular formula is C19H29N. The van der Waals surface area contributed by atoms with E-state index in [4.69, 9.17) is 0 Å². The van der Waals surface area contributed by atoms with Gasteiger partial charge in [0.1, 0.15) is 0 Å². The van der Waals surface area contributed by atoms with Crippen LogP contribution in [0.1, 0.15) is 63.0 Å². The van der Waals surface area contributed by atoms with Crippen molar-refractivity contribution in [2.75, 3.05) is 6.54 Å². The molecule has 0 amide bonds. The van der Waals surface area contributed by atoms with Crippen LogP contribution in [-0.4, -0.2) is 12.6 Å². The van der Waals surface area contributed by atoms with Crippen LogP contribution in [-0.2, 0) is 6.42 Å². The molecule has 0 radical (unpaired) electrons. The van der Waals surface area contributed by atoms with Crippen LogP contribution >= 0.6 is 0 Å². The topological polar surface area (TPSA) is 12.0 Å². The molecule has 0 aliphatic heterocycles. The van der Waals surface area contributed by atoms with Gasteiger partial charge in [0.25, 0.3) is 0 Å². The first-order chi connectivity index (χ1) is 9.74. The summed E-state index contributed by atoms with van der Waals surface area (Å²) in [4.78, 5) is 0. The highest BCUT2D eigenvalue weighted by Crippen LogP contribution is 2.32. The van der Waals surface area contributed by atoms with E-state index in [1.807, 2.05) is 0 Å². The van der Waals surface area contributed by atoms with Crippen LogP contribution in [0, 0.1) is 11.8 Å². The number of hydrogen-bond donors (Lipinski definition) is 1. The van der Waals surface area contributed by atoms with Crippen LogP contribution in [0.5, 0.6) is 0 Å². The maximum Gasteiger partial charge on any atom is 0.00700 e. The zero-order chi connectivity index (χ0) is 13.9. The Balaban J connectivity index is 1.57. The molecule has 4 atom stereocenters. The lowest BCUT2D eigenvalue weighted by atomic mass is 9.78. The molecule has 0 aromatic heterocycles. The van der Waals surface area contributed by atoms with Gasteiger partial charge in [0.15, 0.2) is 0 Å². The Labute approximate surface area is 124 Å². The quantitative estimate of drug-likeness (QED) is 0.852. The summed E-state index contributed by atoms with van der Waals surface area (Å²) in [5.41, 5.74) is 3.21. The van der Waals surface area contributed by atoms with Crippen molar-refractivity contribution in [3.05, 3.63) is 35.4 Å². The monoisotopic (exact) mass is 271 g/mol. The molecule has 0 spiro atoms. The third-order valence-electron chi connectivity index (χ3n) is 5.74. The first-order valence-corrected chi connectivity index (χ1v) is 8.55. The van der Waals surface area contributed by atoms with Crippen LogP contribution in [0.25, 0.3) is 0 Å². The number of aryl methyl sites for hydroxylation is 1. The van der Waals surface area contributed by atoms with E-state index in [0.717, 1.165) is 23.8 Å². The fourth-order valence-electron chi connectivity index (χ4n) is 4.11. The number of hydrogen-bond acceptors (Lipinski definition) is 1. The molecule has 1 aromatic carbocycles. The van der Waals surface area contributed by atoms with E-state index < -0.39 is 0 Å². The molecule has 2 aliphatic rings. The number of benzene rings is 1. The van der Waals surface area contributed by atoms with Gasteiger partial charge in [0.2, 0.25) is 0 Å². The summed E-state index contributed by atoms with van der Waals surface area (Å²) in [6.45, 7) is 6.02. The molecule has 4 unspecified atom stereocenters. The molecule has 1 nitrogen and oxygen atoms in total. The van der Waals surface area contributed by atoms with Gasteiger partial charge < -0.3 is 5.32 Å². The van der Waals surface area contributed by atoms with Gasteiger partial charge in [-0.2, -0.15) is 0 Å². The number of fused-ring (bicyclic) bond motifs is 1. The zero-order valence-corrected chi connectivity index (χ0v) is 13.1. The van der Waals surface area contributed by atoms with E-state index in [-0.39, 0.29) is 0 Å². The molecular weight excluding hydrogens is 242 g/mol. The maximum absolute atomic E-state index is 3.88. The van der Waals surface area contributed by atoms with Crippen molar-refractivity contribution in [1.29, 1.82) is 0 Å². The molecule has 0 bridgehead atoms. The van der Waals surface area contributed by atoms with Gasteiger partial charge in [-0.3, -0.25) is 0 Å². The normalized spacial score (nSPS) is 33.7. The van der Waals surface area contributed by atoms with Crippen LogP contribution < -0.4 is 5.32 Å². The van der Waals surface area contributed by atoms with Crippen molar-refractivity contribution in [3.8, 4) is 0 Å². The van der Waals surface area contributed by atoms with Crippen molar-refractivity contribution in [1.82, 2.24) is 5.32 Å². The second kappa shape index (κ2) is 6.30. The third kappa shape index (κ3) is 3.09. The van der Waals surface area contributed by atoms with Crippen LogP contribution in [0.3, 0.4) is 0 Å². The molecule has 1 saturated carbocycles. The summed E-state index contributed by atoms with van der Waals surface area (Å²) in [7, 11) is 0. The molecule has 3 rings (SSSR count). The van der Waals surface area contributed by atoms with Crippen molar-refractivity contribution in [2.45, 2.75) is 64.3 Å². The molecule has 1 aromatic rings. The Morgan fingerprint density at radius 2 is 1.90 bits per heavy atom. The fraction of sp³-hybridized carbons (Fsp3) is 0.684. The van der Waals surface area contributed by atoms with Crippen LogP contribution in [0.15, 0.2) is 24.3 Å². The fourth-order valence-corrected chi connectivity index (χ4v) is 4.11. The highest BCUT2D eigenvalue weighted by Gasteiger charge is 2.26. The number of rotatable bonds is 3. The van der Waals surface area contributed by atoms with Crippen molar-refractivity contribution in [2.24, 2.45) is 11.8 Å². The molecule has 1 heteroatoms. The van der Waals surface area contributed by atoms with Crippen molar-refractivity contribution in [3.63, 3.8) is 0 Å². The molecule has 2 aliphatic carbocycles. The van der Waals surface area contributed by atoms with Gasteiger partial charge in [-0.15, -0.1) is 0 Å². The molecule has 1 fully saturated rings. The Morgan fingerprint density at radius 3 is 2.75 bits per heavy atom. The Kier molecular flexibility index (Phi) is 4.45. The summed E-state index contributed by atoms with van der Waals surface area (Å²) in [6.07, 6.45) is 8.16. The van der Waals surface area contributed by atoms with Crippen molar-refractivity contribution >= 4 is 0 Å². The summed E-state index contributed by atoms with van der Waals surface area (Å²) in [6, 6.07) is 9.84. The maximum atomic E-state index is 3.88. The molecule has 0 heterocycles. The number of nitrogens with one attached hydrogen (secondary N) is 1. The highest BCUT2D eigenvalue weighted by atomic mass is 14.9. The molecule has 0 saturated heterocycles. The predicted octanol–water partition coefficient (Wildman–Crippen LogP) is 4.52. The third-order valence-corrected chi connectivity index (χ3v) is 5.74. The first kappa shape index (κ1) is 14.1. The Bertz CT molecular complexity index is 439. The van der Waals surface area contributed by atoms with E-state index in [0.29, 0.717) is 0 Å². The van der Waals surface area contributed by atoms with Crippen LogP contribution in [0.4, 0.5) is 0 Å². The zero-order valence-electron chi connectivity index (χ0n) is 13.1. The lowest BCUT2D eigenvalue weighted by Crippen LogP contribution is -2.38. The van der Waals surface area contributed by atoms with E-state index in [9.17, 15) is 0 Å². The van der Waals surface area contributed by atoms with Gasteiger partial charge in [-0.1, -0.05) is 38.1 Å². The molecule has 110 valence electrons. The lowest BCUT2D eigenvalue weighted by molar-refractivity contribution is 0.223. The van der Waals surface area contributed by atoms with E-state index in [1.165, 1.54) is 45.1 Å². The van der Waals surface area contributed by atoms with Gasteiger partial charge >= 0.3 is 0 Å². The molecule has 20 heavy (non-hydrogen) atoms. The average Bonchev–Trinajstić information content (AvgIpc) is 2.48. The average molecular weight is 271 g/mol. The van der Waals surface area contributed by atoms with Gasteiger partial charge in [0, 0.05) is 12.6 Å². The van der Waals surface area contributed by atoms with Gasteiger partial charge in [-0.25, -0.2) is 0 Å². The minimum atomic E-state index is 0.745. The standard InChI is InChI=1S/C19H29N/c1-14-10-11-18(12-15(14)2)20-13-17-8-5-7-16-6-3-4-9-19(16)17/h3-4,6,9,14-15,17-18,20H,5,7-8,10-13H2,1-2H3. The summed E-state index contributed by atoms with van der Waals surface area (Å²) in [5.74, 6) is 2.55. The largest absolute Gasteiger partial charge is 0.313 e. The Hall–Kier alpha value is -0.820. The summed E-state index contributed by atoms with van der Waals surface area (Å²) in [5, 5.41) is 3.88. The minimum Gasteiger partial charge on any atom is -0.313 e. The summed E-state index contributed by atoms with van der Waals surface area (Å²) >= 11 is 0. The molecule has 1 N–H and O–H groups in total. The smallest absolute Gasteiger partial charge is 0.00700 e. The van der Waals surface area contributed by atoms with E-state index in [1.54, 1.807) is 11.1 Å². The predicted molar refractivity (Wildman–Crippen MR) is 86.1 cm³/mol. The minimum absolute atomic E-state index is 0.745. The van der Waals surface area contributed by atoms with Gasteiger partial charge in [-0.05, 0) is 67.4 Å². The second-order valence-electron chi connectivity index (χ2n) is 7.16. The Morgan fingerprint density at radius 1 is 1.05 bits per heavy atom. The first-order valence-electron chi connectivity index (χ1n) is 8.55. The second-order valence-corrected chi connectivity index (χ2v) is 7.16.